The van der Waals surface area contributed by atoms with Crippen molar-refractivity contribution in [2.75, 3.05) is 0 Å². The molecule has 8 atom stereocenters. The maximum Gasteiger partial charge on any atom is 0.347 e. The van der Waals surface area contributed by atoms with Gasteiger partial charge in [-0.3, -0.25) is 9.59 Å². The summed E-state index contributed by atoms with van der Waals surface area (Å²) in [5, 5.41) is 20.5. The molecule has 1 heterocycles. The lowest BCUT2D eigenvalue weighted by molar-refractivity contribution is -0.165. The van der Waals surface area contributed by atoms with E-state index in [1.807, 2.05) is 19.1 Å². The molecule has 1 unspecified atom stereocenters. The Morgan fingerprint density at radius 1 is 1.16 bits per heavy atom. The van der Waals surface area contributed by atoms with Crippen molar-refractivity contribution in [1.82, 2.24) is 0 Å². The van der Waals surface area contributed by atoms with Gasteiger partial charge in [0.2, 0.25) is 0 Å². The van der Waals surface area contributed by atoms with Crippen LogP contribution in [0.3, 0.4) is 0 Å². The van der Waals surface area contributed by atoms with E-state index in [2.05, 4.69) is 13.0 Å². The first-order chi connectivity index (χ1) is 18.2. The van der Waals surface area contributed by atoms with E-state index in [0.29, 0.717) is 37.0 Å². The molecular weight excluding hydrogens is 488 g/mol. The lowest BCUT2D eigenvalue weighted by Crippen LogP contribution is -2.44. The summed E-state index contributed by atoms with van der Waals surface area (Å²) in [6.45, 7) is 5.38. The lowest BCUT2D eigenvalue weighted by Gasteiger charge is -2.43. The van der Waals surface area contributed by atoms with Crippen LogP contribution in [0.1, 0.15) is 69.7 Å². The number of Topliss-reactive ketones (excluding diaryl/α,β-unsaturated/α-hetero) is 1. The standard InChI is InChI=1S/C30H38O8/c1-4-25(37-26-8-6-5-7-24(26)18(3)31)30(35)38-27-15-20(32)13-19-10-9-17(2)23(29(19)27)12-11-22-14-21(33)16-28(34)36-22/h5-10,13,17,20-23,25,27,29,32-33H,4,11-12,14-16H2,1-3H3/t17-,20+,21+,22+,23-,25?,27-,29-/m0/s1. The maximum atomic E-state index is 13.3. The van der Waals surface area contributed by atoms with E-state index in [0.717, 1.165) is 5.57 Å². The molecule has 1 fully saturated rings. The topological polar surface area (TPSA) is 119 Å². The van der Waals surface area contributed by atoms with E-state index in [9.17, 15) is 24.6 Å². The van der Waals surface area contributed by atoms with E-state index in [4.69, 9.17) is 14.2 Å². The minimum absolute atomic E-state index is 0.0298. The summed E-state index contributed by atoms with van der Waals surface area (Å²) in [5.41, 5.74) is 1.33. The van der Waals surface area contributed by atoms with Crippen LogP contribution >= 0.6 is 0 Å². The molecule has 0 amide bonds. The molecule has 1 saturated heterocycles. The van der Waals surface area contributed by atoms with Gasteiger partial charge in [0, 0.05) is 18.8 Å². The lowest BCUT2D eigenvalue weighted by atomic mass is 9.66. The number of cyclic esters (lactones) is 1. The Labute approximate surface area is 223 Å². The molecule has 1 aromatic carbocycles. The third kappa shape index (κ3) is 6.53. The van der Waals surface area contributed by atoms with E-state index in [1.165, 1.54) is 6.92 Å². The highest BCUT2D eigenvalue weighted by atomic mass is 16.6. The van der Waals surface area contributed by atoms with Crippen molar-refractivity contribution < 1.29 is 38.8 Å². The number of ketones is 1. The number of esters is 2. The third-order valence-electron chi connectivity index (χ3n) is 7.87. The molecule has 4 rings (SSSR count). The van der Waals surface area contributed by atoms with Crippen molar-refractivity contribution in [3.63, 3.8) is 0 Å². The van der Waals surface area contributed by atoms with Crippen LogP contribution in [-0.4, -0.2) is 58.5 Å². The van der Waals surface area contributed by atoms with E-state index in [-0.39, 0.29) is 48.5 Å². The van der Waals surface area contributed by atoms with Gasteiger partial charge in [0.25, 0.3) is 0 Å². The number of ether oxygens (including phenoxy) is 3. The normalized spacial score (nSPS) is 31.4. The van der Waals surface area contributed by atoms with Gasteiger partial charge < -0.3 is 24.4 Å². The fourth-order valence-electron chi connectivity index (χ4n) is 5.94. The molecule has 38 heavy (non-hydrogen) atoms. The van der Waals surface area contributed by atoms with Gasteiger partial charge >= 0.3 is 11.9 Å². The summed E-state index contributed by atoms with van der Waals surface area (Å²) >= 11 is 0. The highest BCUT2D eigenvalue weighted by molar-refractivity contribution is 5.96. The average Bonchev–Trinajstić information content (AvgIpc) is 2.86. The number of allylic oxidation sites excluding steroid dienone is 2. The number of hydrogen-bond donors (Lipinski definition) is 2. The maximum absolute atomic E-state index is 13.3. The van der Waals surface area contributed by atoms with Crippen LogP contribution in [0.4, 0.5) is 0 Å². The Morgan fingerprint density at radius 2 is 1.92 bits per heavy atom. The van der Waals surface area contributed by atoms with Crippen LogP contribution in [0.2, 0.25) is 0 Å². The van der Waals surface area contributed by atoms with Gasteiger partial charge in [0.1, 0.15) is 18.0 Å². The number of aliphatic hydroxyl groups is 2. The summed E-state index contributed by atoms with van der Waals surface area (Å²) in [4.78, 5) is 37.2. The van der Waals surface area contributed by atoms with Crippen LogP contribution < -0.4 is 4.74 Å². The quantitative estimate of drug-likeness (QED) is 0.367. The summed E-state index contributed by atoms with van der Waals surface area (Å²) in [6.07, 6.45) is 5.07. The molecule has 8 nitrogen and oxygen atoms in total. The van der Waals surface area contributed by atoms with Crippen LogP contribution in [-0.2, 0) is 19.1 Å². The van der Waals surface area contributed by atoms with Gasteiger partial charge in [-0.15, -0.1) is 0 Å². The Kier molecular flexibility index (Phi) is 9.05. The number of benzene rings is 1. The SMILES string of the molecule is CCC(Oc1ccccc1C(C)=O)C(=O)O[C@H]1C[C@H](O)C=C2C=C[C@H](C)[C@H](CC[C@@H]3C[C@@H](O)CC(=O)O3)[C@H]21. The van der Waals surface area contributed by atoms with Crippen molar-refractivity contribution in [3.05, 3.63) is 53.6 Å². The highest BCUT2D eigenvalue weighted by Gasteiger charge is 2.43. The zero-order valence-electron chi connectivity index (χ0n) is 22.2. The van der Waals surface area contributed by atoms with Gasteiger partial charge in [0.05, 0.1) is 24.2 Å². The first-order valence-corrected chi connectivity index (χ1v) is 13.6. The average molecular weight is 527 g/mol. The number of carbonyl (C=O) groups is 3. The van der Waals surface area contributed by atoms with Gasteiger partial charge in [0.15, 0.2) is 11.9 Å². The molecule has 0 spiro atoms. The Morgan fingerprint density at radius 3 is 2.63 bits per heavy atom. The molecule has 1 aliphatic heterocycles. The second-order valence-electron chi connectivity index (χ2n) is 10.7. The molecule has 2 aliphatic carbocycles. The Bertz CT molecular complexity index is 1090. The Hall–Kier alpha value is -2.97. The second kappa shape index (κ2) is 12.3. The molecule has 206 valence electrons. The van der Waals surface area contributed by atoms with E-state index < -0.39 is 30.4 Å². The number of para-hydroxylation sites is 1. The zero-order valence-corrected chi connectivity index (χ0v) is 22.2. The Balaban J connectivity index is 1.49. The van der Waals surface area contributed by atoms with Gasteiger partial charge in [-0.1, -0.05) is 44.2 Å². The van der Waals surface area contributed by atoms with Crippen LogP contribution in [0.15, 0.2) is 48.1 Å². The largest absolute Gasteiger partial charge is 0.478 e. The van der Waals surface area contributed by atoms with Gasteiger partial charge in [-0.05, 0) is 55.7 Å². The molecule has 1 aromatic rings. The zero-order chi connectivity index (χ0) is 27.4. The fraction of sp³-hybridized carbons (Fsp3) is 0.567. The van der Waals surface area contributed by atoms with Crippen LogP contribution in [0.25, 0.3) is 0 Å². The number of hydrogen-bond acceptors (Lipinski definition) is 8. The fourth-order valence-corrected chi connectivity index (χ4v) is 5.94. The summed E-state index contributed by atoms with van der Waals surface area (Å²) in [7, 11) is 0. The number of carbonyl (C=O) groups excluding carboxylic acids is 3. The molecule has 0 aromatic heterocycles. The monoisotopic (exact) mass is 526 g/mol. The minimum atomic E-state index is -0.903. The van der Waals surface area contributed by atoms with Crippen molar-refractivity contribution in [3.8, 4) is 5.75 Å². The number of fused-ring (bicyclic) bond motifs is 1. The van der Waals surface area contributed by atoms with E-state index in [1.54, 1.807) is 24.3 Å². The molecule has 0 bridgehead atoms. The first-order valence-electron chi connectivity index (χ1n) is 13.6. The van der Waals surface area contributed by atoms with Crippen molar-refractivity contribution in [2.24, 2.45) is 17.8 Å². The minimum Gasteiger partial charge on any atom is -0.478 e. The summed E-state index contributed by atoms with van der Waals surface area (Å²) < 4.78 is 17.5. The van der Waals surface area contributed by atoms with Crippen LogP contribution in [0.5, 0.6) is 5.75 Å². The first kappa shape index (κ1) is 28.0. The van der Waals surface area contributed by atoms with Crippen molar-refractivity contribution >= 4 is 17.7 Å². The molecule has 0 radical (unpaired) electrons. The summed E-state index contributed by atoms with van der Waals surface area (Å²) in [6, 6.07) is 6.81. The van der Waals surface area contributed by atoms with E-state index >= 15 is 0 Å². The molecule has 8 heteroatoms. The smallest absolute Gasteiger partial charge is 0.347 e. The van der Waals surface area contributed by atoms with Crippen molar-refractivity contribution in [2.45, 2.75) is 89.8 Å². The predicted octanol–water partition coefficient (Wildman–Crippen LogP) is 3.93. The molecule has 3 aliphatic rings. The highest BCUT2D eigenvalue weighted by Crippen LogP contribution is 2.44. The second-order valence-corrected chi connectivity index (χ2v) is 10.7. The molecule has 0 saturated carbocycles. The predicted molar refractivity (Wildman–Crippen MR) is 139 cm³/mol. The molecular formula is C30H38O8. The number of aliphatic hydroxyl groups excluding tert-OH is 2. The molecule has 2 N–H and O–H groups in total. The summed E-state index contributed by atoms with van der Waals surface area (Å²) in [5.74, 6) is -0.591. The van der Waals surface area contributed by atoms with Crippen molar-refractivity contribution in [1.29, 1.82) is 0 Å². The number of rotatable bonds is 9. The van der Waals surface area contributed by atoms with Gasteiger partial charge in [-0.2, -0.15) is 0 Å². The van der Waals surface area contributed by atoms with Crippen LogP contribution in [0, 0.1) is 17.8 Å². The van der Waals surface area contributed by atoms with Gasteiger partial charge in [-0.25, -0.2) is 4.79 Å². The third-order valence-corrected chi connectivity index (χ3v) is 7.87.